The van der Waals surface area contributed by atoms with Crippen LogP contribution in [0.4, 0.5) is 4.39 Å². The van der Waals surface area contributed by atoms with Crippen LogP contribution < -0.4 is 14.2 Å². The van der Waals surface area contributed by atoms with Crippen molar-refractivity contribution in [3.63, 3.8) is 0 Å². The van der Waals surface area contributed by atoms with E-state index in [1.807, 2.05) is 0 Å². The number of fused-ring (bicyclic) bond motifs is 1. The molecule has 0 saturated heterocycles. The lowest BCUT2D eigenvalue weighted by Crippen LogP contribution is -2.16. The van der Waals surface area contributed by atoms with Crippen molar-refractivity contribution >= 4 is 0 Å². The van der Waals surface area contributed by atoms with Crippen molar-refractivity contribution in [3.8, 4) is 17.2 Å². The van der Waals surface area contributed by atoms with Crippen molar-refractivity contribution in [2.24, 2.45) is 0 Å². The first kappa shape index (κ1) is 13.7. The van der Waals surface area contributed by atoms with Crippen molar-refractivity contribution in [1.82, 2.24) is 0 Å². The Morgan fingerprint density at radius 1 is 1.05 bits per heavy atom. The Labute approximate surface area is 121 Å². The zero-order valence-electron chi connectivity index (χ0n) is 11.3. The van der Waals surface area contributed by atoms with Crippen LogP contribution in [0.25, 0.3) is 0 Å². The molecule has 0 fully saturated rings. The maximum atomic E-state index is 12.8. The minimum absolute atomic E-state index is 0.0747. The molecule has 3 rings (SSSR count). The van der Waals surface area contributed by atoms with E-state index in [4.69, 9.17) is 14.2 Å². The summed E-state index contributed by atoms with van der Waals surface area (Å²) in [5, 5.41) is 10.1. The predicted octanol–water partition coefficient (Wildman–Crippen LogP) is 2.71. The van der Waals surface area contributed by atoms with Gasteiger partial charge in [0.2, 0.25) is 0 Å². The summed E-state index contributed by atoms with van der Waals surface area (Å²) in [7, 11) is 0. The van der Waals surface area contributed by atoms with Gasteiger partial charge in [-0.2, -0.15) is 0 Å². The Balaban J connectivity index is 1.65. The third kappa shape index (κ3) is 3.25. The van der Waals surface area contributed by atoms with Gasteiger partial charge in [-0.05, 0) is 42.0 Å². The fourth-order valence-electron chi connectivity index (χ4n) is 2.07. The van der Waals surface area contributed by atoms with Crippen LogP contribution in [-0.2, 0) is 0 Å². The van der Waals surface area contributed by atoms with E-state index in [1.54, 1.807) is 18.2 Å². The van der Waals surface area contributed by atoms with Gasteiger partial charge in [0.1, 0.15) is 37.5 Å². The molecule has 0 amide bonds. The van der Waals surface area contributed by atoms with Gasteiger partial charge < -0.3 is 19.3 Å². The highest BCUT2D eigenvalue weighted by Crippen LogP contribution is 2.32. The average Bonchev–Trinajstić information content (AvgIpc) is 2.53. The minimum atomic E-state index is -0.800. The number of aliphatic hydroxyl groups is 1. The van der Waals surface area contributed by atoms with Gasteiger partial charge in [0, 0.05) is 0 Å². The lowest BCUT2D eigenvalue weighted by atomic mass is 10.1. The topological polar surface area (TPSA) is 47.9 Å². The van der Waals surface area contributed by atoms with Gasteiger partial charge in [-0.3, -0.25) is 0 Å². The Hall–Kier alpha value is -2.27. The largest absolute Gasteiger partial charge is 0.491 e. The van der Waals surface area contributed by atoms with Crippen LogP contribution in [0.2, 0.25) is 0 Å². The van der Waals surface area contributed by atoms with E-state index in [-0.39, 0.29) is 12.4 Å². The monoisotopic (exact) mass is 290 g/mol. The van der Waals surface area contributed by atoms with Crippen LogP contribution in [0, 0.1) is 5.82 Å². The molecule has 1 aliphatic heterocycles. The molecule has 1 atom stereocenters. The fourth-order valence-corrected chi connectivity index (χ4v) is 2.07. The van der Waals surface area contributed by atoms with Crippen LogP contribution in [-0.4, -0.2) is 24.9 Å². The lowest BCUT2D eigenvalue weighted by molar-refractivity contribution is 0.107. The van der Waals surface area contributed by atoms with E-state index < -0.39 is 6.10 Å². The molecule has 1 heterocycles. The smallest absolute Gasteiger partial charge is 0.161 e. The Morgan fingerprint density at radius 3 is 2.52 bits per heavy atom. The van der Waals surface area contributed by atoms with Crippen molar-refractivity contribution in [2.45, 2.75) is 6.10 Å². The molecule has 1 unspecified atom stereocenters. The highest BCUT2D eigenvalue weighted by molar-refractivity contribution is 5.44. The van der Waals surface area contributed by atoms with Crippen molar-refractivity contribution in [2.75, 3.05) is 19.8 Å². The van der Waals surface area contributed by atoms with Crippen molar-refractivity contribution in [1.29, 1.82) is 0 Å². The third-order valence-corrected chi connectivity index (χ3v) is 3.17. The molecule has 0 radical (unpaired) electrons. The zero-order chi connectivity index (χ0) is 14.7. The predicted molar refractivity (Wildman–Crippen MR) is 74.3 cm³/mol. The summed E-state index contributed by atoms with van der Waals surface area (Å²) in [4.78, 5) is 0. The molecule has 1 N–H and O–H groups in total. The van der Waals surface area contributed by atoms with Crippen LogP contribution in [0.1, 0.15) is 11.7 Å². The molecule has 21 heavy (non-hydrogen) atoms. The quantitative estimate of drug-likeness (QED) is 0.940. The van der Waals surface area contributed by atoms with Crippen LogP contribution in [0.15, 0.2) is 42.5 Å². The Bertz CT molecular complexity index is 612. The second kappa shape index (κ2) is 6.01. The number of rotatable bonds is 4. The SMILES string of the molecule is OC(COc1ccc(F)cc1)c1ccc2c(c1)OCCO2. The molecule has 4 nitrogen and oxygen atoms in total. The van der Waals surface area contributed by atoms with Gasteiger partial charge in [0.25, 0.3) is 0 Å². The van der Waals surface area contributed by atoms with Crippen molar-refractivity contribution < 1.29 is 23.7 Å². The molecule has 0 saturated carbocycles. The fraction of sp³-hybridized carbons (Fsp3) is 0.250. The summed E-state index contributed by atoms with van der Waals surface area (Å²) in [5.41, 5.74) is 0.682. The Morgan fingerprint density at radius 2 is 1.76 bits per heavy atom. The van der Waals surface area contributed by atoms with Crippen LogP contribution in [0.5, 0.6) is 17.2 Å². The molecule has 110 valence electrons. The van der Waals surface area contributed by atoms with E-state index in [0.29, 0.717) is 36.0 Å². The number of hydrogen-bond acceptors (Lipinski definition) is 4. The van der Waals surface area contributed by atoms with Gasteiger partial charge in [-0.1, -0.05) is 6.07 Å². The van der Waals surface area contributed by atoms with Gasteiger partial charge >= 0.3 is 0 Å². The van der Waals surface area contributed by atoms with Crippen molar-refractivity contribution in [3.05, 3.63) is 53.8 Å². The van der Waals surface area contributed by atoms with Crippen LogP contribution in [0.3, 0.4) is 0 Å². The third-order valence-electron chi connectivity index (χ3n) is 3.17. The van der Waals surface area contributed by atoms with Gasteiger partial charge in [0.15, 0.2) is 11.5 Å². The van der Waals surface area contributed by atoms with E-state index in [2.05, 4.69) is 0 Å². The highest BCUT2D eigenvalue weighted by atomic mass is 19.1. The first-order valence-corrected chi connectivity index (χ1v) is 6.68. The molecule has 0 aromatic heterocycles. The first-order chi connectivity index (χ1) is 10.2. The lowest BCUT2D eigenvalue weighted by Gasteiger charge is -2.20. The summed E-state index contributed by atoms with van der Waals surface area (Å²) in [6, 6.07) is 10.9. The molecule has 0 bridgehead atoms. The zero-order valence-corrected chi connectivity index (χ0v) is 11.3. The maximum absolute atomic E-state index is 12.8. The summed E-state index contributed by atoms with van der Waals surface area (Å²) < 4.78 is 29.1. The molecule has 2 aromatic carbocycles. The van der Waals surface area contributed by atoms with Gasteiger partial charge in [-0.25, -0.2) is 4.39 Å². The number of halogens is 1. The summed E-state index contributed by atoms with van der Waals surface area (Å²) >= 11 is 0. The average molecular weight is 290 g/mol. The molecule has 1 aliphatic rings. The molecule has 0 aliphatic carbocycles. The number of ether oxygens (including phenoxy) is 3. The minimum Gasteiger partial charge on any atom is -0.491 e. The van der Waals surface area contributed by atoms with E-state index in [1.165, 1.54) is 24.3 Å². The number of benzene rings is 2. The van der Waals surface area contributed by atoms with Crippen LogP contribution >= 0.6 is 0 Å². The Kier molecular flexibility index (Phi) is 3.92. The number of aliphatic hydroxyl groups excluding tert-OH is 1. The molecule has 2 aromatic rings. The normalized spacial score (nSPS) is 14.6. The number of hydrogen-bond donors (Lipinski definition) is 1. The molecular formula is C16H15FO4. The molecule has 5 heteroatoms. The summed E-state index contributed by atoms with van der Waals surface area (Å²) in [6.07, 6.45) is -0.800. The summed E-state index contributed by atoms with van der Waals surface area (Å²) in [5.74, 6) is 1.49. The molecule has 0 spiro atoms. The second-order valence-electron chi connectivity index (χ2n) is 4.68. The van der Waals surface area contributed by atoms with E-state index >= 15 is 0 Å². The first-order valence-electron chi connectivity index (χ1n) is 6.68. The van der Waals surface area contributed by atoms with E-state index in [9.17, 15) is 9.50 Å². The highest BCUT2D eigenvalue weighted by Gasteiger charge is 2.15. The summed E-state index contributed by atoms with van der Waals surface area (Å²) in [6.45, 7) is 1.10. The second-order valence-corrected chi connectivity index (χ2v) is 4.68. The maximum Gasteiger partial charge on any atom is 0.161 e. The molecular weight excluding hydrogens is 275 g/mol. The van der Waals surface area contributed by atoms with Gasteiger partial charge in [-0.15, -0.1) is 0 Å². The standard InChI is InChI=1S/C16H15FO4/c17-12-2-4-13(5-3-12)21-10-14(18)11-1-6-15-16(9-11)20-8-7-19-15/h1-6,9,14,18H,7-8,10H2. The van der Waals surface area contributed by atoms with Gasteiger partial charge in [0.05, 0.1) is 0 Å². The van der Waals surface area contributed by atoms with E-state index in [0.717, 1.165) is 0 Å².